The lowest BCUT2D eigenvalue weighted by molar-refractivity contribution is 0.0170. The quantitative estimate of drug-likeness (QED) is 0.497. The summed E-state index contributed by atoms with van der Waals surface area (Å²) in [5, 5.41) is 6.79. The molecule has 1 unspecified atom stereocenters. The number of pyridine rings is 1. The van der Waals surface area contributed by atoms with E-state index in [1.54, 1.807) is 0 Å². The van der Waals surface area contributed by atoms with Gasteiger partial charge in [0, 0.05) is 46.5 Å². The number of rotatable bonds is 8. The summed E-state index contributed by atoms with van der Waals surface area (Å²) in [5.41, 5.74) is 2.18. The third-order valence-corrected chi connectivity index (χ3v) is 5.24. The molecule has 2 heterocycles. The number of nitrogens with zero attached hydrogens (tertiary/aromatic N) is 4. The van der Waals surface area contributed by atoms with E-state index < -0.39 is 0 Å². The van der Waals surface area contributed by atoms with E-state index in [0.717, 1.165) is 42.5 Å². The molecule has 1 fully saturated rings. The van der Waals surface area contributed by atoms with Gasteiger partial charge in [-0.05, 0) is 42.3 Å². The molecule has 0 radical (unpaired) electrons. The summed E-state index contributed by atoms with van der Waals surface area (Å²) in [4.78, 5) is 13.5. The molecule has 168 valence electrons. The number of anilines is 1. The first-order chi connectivity index (χ1) is 15.1. The number of ether oxygens (including phenoxy) is 1. The van der Waals surface area contributed by atoms with Crippen LogP contribution in [0.25, 0.3) is 0 Å². The topological polar surface area (TPSA) is 65.0 Å². The highest BCUT2D eigenvalue weighted by Crippen LogP contribution is 2.21. The molecule has 1 aliphatic heterocycles. The first kappa shape index (κ1) is 23.0. The van der Waals surface area contributed by atoms with Gasteiger partial charge < -0.3 is 20.3 Å². The van der Waals surface area contributed by atoms with E-state index in [4.69, 9.17) is 9.73 Å². The predicted octanol–water partition coefficient (Wildman–Crippen LogP) is 2.42. The van der Waals surface area contributed by atoms with Crippen LogP contribution in [0.15, 0.2) is 47.6 Å². The molecule has 31 heavy (non-hydrogen) atoms. The fourth-order valence-corrected chi connectivity index (χ4v) is 3.54. The molecule has 0 saturated carbocycles. The normalized spacial score (nSPS) is 16.1. The van der Waals surface area contributed by atoms with Crippen molar-refractivity contribution < 1.29 is 9.13 Å². The largest absolute Gasteiger partial charge is 0.379 e. The number of benzene rings is 1. The minimum absolute atomic E-state index is 0.106. The Morgan fingerprint density at radius 1 is 1.19 bits per heavy atom. The highest BCUT2D eigenvalue weighted by molar-refractivity contribution is 5.79. The summed E-state index contributed by atoms with van der Waals surface area (Å²) in [6, 6.07) is 10.9. The maximum atomic E-state index is 13.5. The molecule has 1 aromatic carbocycles. The van der Waals surface area contributed by atoms with Gasteiger partial charge in [0.2, 0.25) is 0 Å². The van der Waals surface area contributed by atoms with Gasteiger partial charge in [-0.3, -0.25) is 4.90 Å². The summed E-state index contributed by atoms with van der Waals surface area (Å²) >= 11 is 0. The van der Waals surface area contributed by atoms with Crippen molar-refractivity contribution >= 4 is 11.8 Å². The summed E-state index contributed by atoms with van der Waals surface area (Å²) in [6.45, 7) is 7.15. The predicted molar refractivity (Wildman–Crippen MR) is 123 cm³/mol. The molecular weight excluding hydrogens is 395 g/mol. The van der Waals surface area contributed by atoms with Gasteiger partial charge in [-0.2, -0.15) is 0 Å². The molecule has 3 rings (SSSR count). The average molecular weight is 429 g/mol. The van der Waals surface area contributed by atoms with Crippen LogP contribution in [0.4, 0.5) is 10.2 Å². The number of hydrogen-bond donors (Lipinski definition) is 2. The van der Waals surface area contributed by atoms with Gasteiger partial charge in [-0.15, -0.1) is 0 Å². The monoisotopic (exact) mass is 428 g/mol. The lowest BCUT2D eigenvalue weighted by Crippen LogP contribution is -2.46. The van der Waals surface area contributed by atoms with Gasteiger partial charge in [0.15, 0.2) is 5.96 Å². The van der Waals surface area contributed by atoms with Crippen molar-refractivity contribution in [2.45, 2.75) is 19.5 Å². The maximum Gasteiger partial charge on any atom is 0.191 e. The SMILES string of the molecule is CCNC(=NCc1ccnc(N(C)C)c1)NCC(c1ccc(F)cc1)N1CCOCC1. The Morgan fingerprint density at radius 2 is 1.94 bits per heavy atom. The first-order valence-electron chi connectivity index (χ1n) is 10.8. The van der Waals surface area contributed by atoms with Crippen LogP contribution in [0.5, 0.6) is 0 Å². The number of halogens is 1. The Labute approximate surface area is 184 Å². The second-order valence-corrected chi connectivity index (χ2v) is 7.71. The van der Waals surface area contributed by atoms with E-state index in [1.165, 1.54) is 12.1 Å². The van der Waals surface area contributed by atoms with Crippen molar-refractivity contribution in [2.24, 2.45) is 4.99 Å². The summed E-state index contributed by atoms with van der Waals surface area (Å²) < 4.78 is 19.0. The first-order valence-corrected chi connectivity index (χ1v) is 10.8. The number of aliphatic imine (C=N–C) groups is 1. The van der Waals surface area contributed by atoms with E-state index in [-0.39, 0.29) is 11.9 Å². The lowest BCUT2D eigenvalue weighted by Gasteiger charge is -2.35. The molecule has 0 amide bonds. The van der Waals surface area contributed by atoms with Crippen molar-refractivity contribution in [2.75, 3.05) is 58.4 Å². The zero-order valence-electron chi connectivity index (χ0n) is 18.6. The zero-order chi connectivity index (χ0) is 22.1. The molecule has 1 saturated heterocycles. The minimum Gasteiger partial charge on any atom is -0.379 e. The van der Waals surface area contributed by atoms with Crippen LogP contribution in [0.3, 0.4) is 0 Å². The van der Waals surface area contributed by atoms with Gasteiger partial charge >= 0.3 is 0 Å². The molecular formula is C23H33FN6O. The van der Waals surface area contributed by atoms with Gasteiger partial charge in [0.25, 0.3) is 0 Å². The molecule has 0 spiro atoms. The van der Waals surface area contributed by atoms with Crippen molar-refractivity contribution in [3.63, 3.8) is 0 Å². The fraction of sp³-hybridized carbons (Fsp3) is 0.478. The smallest absolute Gasteiger partial charge is 0.191 e. The summed E-state index contributed by atoms with van der Waals surface area (Å²) in [6.07, 6.45) is 1.81. The number of hydrogen-bond acceptors (Lipinski definition) is 5. The van der Waals surface area contributed by atoms with Crippen LogP contribution in [-0.4, -0.2) is 69.3 Å². The van der Waals surface area contributed by atoms with E-state index in [9.17, 15) is 4.39 Å². The second-order valence-electron chi connectivity index (χ2n) is 7.71. The Morgan fingerprint density at radius 3 is 2.61 bits per heavy atom. The third kappa shape index (κ3) is 6.90. The molecule has 1 aromatic heterocycles. The number of aromatic nitrogens is 1. The van der Waals surface area contributed by atoms with Crippen LogP contribution in [0, 0.1) is 5.82 Å². The van der Waals surface area contributed by atoms with Crippen LogP contribution in [0.1, 0.15) is 24.1 Å². The van der Waals surface area contributed by atoms with Crippen LogP contribution in [-0.2, 0) is 11.3 Å². The van der Waals surface area contributed by atoms with Gasteiger partial charge in [-0.25, -0.2) is 14.4 Å². The number of morpholine rings is 1. The minimum atomic E-state index is -0.221. The molecule has 0 bridgehead atoms. The third-order valence-electron chi connectivity index (χ3n) is 5.24. The number of guanidine groups is 1. The molecule has 1 atom stereocenters. The van der Waals surface area contributed by atoms with Crippen LogP contribution in [0.2, 0.25) is 0 Å². The van der Waals surface area contributed by atoms with E-state index in [1.807, 2.05) is 56.4 Å². The average Bonchev–Trinajstić information content (AvgIpc) is 2.79. The molecule has 2 N–H and O–H groups in total. The Kier molecular flexibility index (Phi) is 8.61. The van der Waals surface area contributed by atoms with E-state index in [2.05, 4.69) is 20.5 Å². The van der Waals surface area contributed by atoms with Gasteiger partial charge in [0.1, 0.15) is 11.6 Å². The zero-order valence-corrected chi connectivity index (χ0v) is 18.6. The second kappa shape index (κ2) is 11.6. The van der Waals surface area contributed by atoms with Crippen molar-refractivity contribution in [1.29, 1.82) is 0 Å². The lowest BCUT2D eigenvalue weighted by atomic mass is 10.0. The molecule has 8 heteroatoms. The van der Waals surface area contributed by atoms with E-state index in [0.29, 0.717) is 26.3 Å². The standard InChI is InChI=1S/C23H33FN6O/c1-4-25-23(27-16-18-9-10-26-22(15-18)29(2)3)28-17-21(30-11-13-31-14-12-30)19-5-7-20(24)8-6-19/h5-10,15,21H,4,11-14,16-17H2,1-3H3,(H2,25,27,28). The fourth-order valence-electron chi connectivity index (χ4n) is 3.54. The van der Waals surface area contributed by atoms with Crippen LogP contribution >= 0.6 is 0 Å². The summed E-state index contributed by atoms with van der Waals surface area (Å²) in [5.74, 6) is 1.45. The van der Waals surface area contributed by atoms with Crippen molar-refractivity contribution in [1.82, 2.24) is 20.5 Å². The maximum absolute atomic E-state index is 13.5. The van der Waals surface area contributed by atoms with Gasteiger partial charge in [-0.1, -0.05) is 12.1 Å². The van der Waals surface area contributed by atoms with Crippen LogP contribution < -0.4 is 15.5 Å². The highest BCUT2D eigenvalue weighted by Gasteiger charge is 2.23. The Balaban J connectivity index is 1.71. The summed E-state index contributed by atoms with van der Waals surface area (Å²) in [7, 11) is 3.95. The molecule has 2 aromatic rings. The Hall–Kier alpha value is -2.71. The number of nitrogens with one attached hydrogen (secondary N) is 2. The molecule has 1 aliphatic rings. The molecule has 7 nitrogen and oxygen atoms in total. The van der Waals surface area contributed by atoms with Crippen molar-refractivity contribution in [3.05, 3.63) is 59.5 Å². The van der Waals surface area contributed by atoms with Gasteiger partial charge in [0.05, 0.1) is 25.8 Å². The van der Waals surface area contributed by atoms with Crippen molar-refractivity contribution in [3.8, 4) is 0 Å². The Bertz CT molecular complexity index is 836. The molecule has 0 aliphatic carbocycles. The highest BCUT2D eigenvalue weighted by atomic mass is 19.1. The van der Waals surface area contributed by atoms with E-state index >= 15 is 0 Å².